The van der Waals surface area contributed by atoms with Gasteiger partial charge in [-0.25, -0.2) is 0 Å². The summed E-state index contributed by atoms with van der Waals surface area (Å²) in [6.07, 6.45) is 10.4. The molecule has 9 aromatic rings. The maximum absolute atomic E-state index is 3.92. The molecule has 0 aliphatic heterocycles. The lowest BCUT2D eigenvalue weighted by molar-refractivity contribution is 0.906. The van der Waals surface area contributed by atoms with Gasteiger partial charge in [-0.05, 0) is 139 Å². The van der Waals surface area contributed by atoms with Crippen LogP contribution >= 0.6 is 11.3 Å². The van der Waals surface area contributed by atoms with Crippen molar-refractivity contribution in [3.8, 4) is 22.3 Å². The van der Waals surface area contributed by atoms with Crippen molar-refractivity contribution in [3.05, 3.63) is 204 Å². The van der Waals surface area contributed by atoms with Crippen molar-refractivity contribution in [1.82, 2.24) is 0 Å². The van der Waals surface area contributed by atoms with Crippen LogP contribution in [0.2, 0.25) is 0 Å². The Bertz CT molecular complexity index is 2940. The van der Waals surface area contributed by atoms with Crippen LogP contribution in [0.15, 0.2) is 188 Å². The molecule has 256 valence electrons. The number of rotatable bonds is 7. The summed E-state index contributed by atoms with van der Waals surface area (Å²) in [6, 6.07) is 60.2. The molecule has 2 heteroatoms. The first-order valence-corrected chi connectivity index (χ1v) is 19.5. The zero-order valence-electron chi connectivity index (χ0n) is 29.9. The molecule has 1 heterocycles. The zero-order valence-corrected chi connectivity index (χ0v) is 30.7. The number of benzene rings is 8. The standard InChI is InChI=1S/C52H37NS/c1-2-3-12-39-31-37-13-4-5-14-38(37)32-49(39)35-21-25-41(26-22-35)53(43-29-30-48-47-19-10-11-20-51(47)54-52(48)34-43)42-27-23-36(24-28-42)50-33-40-15-6-7-16-44(40)45-17-8-9-18-46(45)50/h2-28,31-34H,1,29-30H2/b12-3-. The van der Waals surface area contributed by atoms with Gasteiger partial charge in [-0.1, -0.05) is 140 Å². The van der Waals surface area contributed by atoms with E-state index >= 15 is 0 Å². The van der Waals surface area contributed by atoms with Crippen LogP contribution in [0, 0.1) is 0 Å². The Balaban J connectivity index is 1.09. The molecule has 54 heavy (non-hydrogen) atoms. The van der Waals surface area contributed by atoms with Gasteiger partial charge < -0.3 is 4.90 Å². The summed E-state index contributed by atoms with van der Waals surface area (Å²) in [7, 11) is 0. The third kappa shape index (κ3) is 5.64. The lowest BCUT2D eigenvalue weighted by Gasteiger charge is -2.30. The SMILES string of the molecule is C=C/C=C\c1cc2ccccc2cc1-c1ccc(N(C2=Cc3sc4ccccc4c3CC2)c2ccc(-c3cc4ccccc4c4ccccc34)cc2)cc1. The fourth-order valence-corrected chi connectivity index (χ4v) is 9.53. The molecule has 1 aliphatic rings. The van der Waals surface area contributed by atoms with E-state index in [9.17, 15) is 0 Å². The van der Waals surface area contributed by atoms with E-state index in [-0.39, 0.29) is 0 Å². The van der Waals surface area contributed by atoms with Crippen LogP contribution in [0.25, 0.3) is 76.8 Å². The molecule has 8 aromatic carbocycles. The number of thiophene rings is 1. The third-order valence-electron chi connectivity index (χ3n) is 10.9. The zero-order chi connectivity index (χ0) is 36.0. The van der Waals surface area contributed by atoms with Crippen molar-refractivity contribution < 1.29 is 0 Å². The molecule has 1 aromatic heterocycles. The summed E-state index contributed by atoms with van der Waals surface area (Å²) < 4.78 is 1.36. The predicted octanol–water partition coefficient (Wildman–Crippen LogP) is 15.0. The summed E-state index contributed by atoms with van der Waals surface area (Å²) >= 11 is 1.91. The van der Waals surface area contributed by atoms with Crippen molar-refractivity contribution in [1.29, 1.82) is 0 Å². The van der Waals surface area contributed by atoms with E-state index in [0.717, 1.165) is 24.2 Å². The lowest BCUT2D eigenvalue weighted by atomic mass is 9.93. The smallest absolute Gasteiger partial charge is 0.0458 e. The van der Waals surface area contributed by atoms with Gasteiger partial charge in [-0.3, -0.25) is 0 Å². The summed E-state index contributed by atoms with van der Waals surface area (Å²) in [6.45, 7) is 3.92. The molecule has 1 aliphatic carbocycles. The maximum atomic E-state index is 3.92. The second-order valence-corrected chi connectivity index (χ2v) is 15.2. The van der Waals surface area contributed by atoms with Gasteiger partial charge in [-0.2, -0.15) is 0 Å². The highest BCUT2D eigenvalue weighted by molar-refractivity contribution is 7.20. The van der Waals surface area contributed by atoms with E-state index < -0.39 is 0 Å². The molecule has 0 fully saturated rings. The second kappa shape index (κ2) is 13.5. The minimum absolute atomic E-state index is 0.966. The molecule has 0 saturated heterocycles. The van der Waals surface area contributed by atoms with E-state index in [1.807, 2.05) is 23.5 Å². The third-order valence-corrected chi connectivity index (χ3v) is 12.1. The van der Waals surface area contributed by atoms with Gasteiger partial charge in [0.05, 0.1) is 0 Å². The highest BCUT2D eigenvalue weighted by Crippen LogP contribution is 2.43. The molecule has 10 rings (SSSR count). The van der Waals surface area contributed by atoms with Crippen molar-refractivity contribution in [2.45, 2.75) is 12.8 Å². The Morgan fingerprint density at radius 3 is 1.81 bits per heavy atom. The molecule has 1 nitrogen and oxygen atoms in total. The maximum Gasteiger partial charge on any atom is 0.0458 e. The highest BCUT2D eigenvalue weighted by Gasteiger charge is 2.23. The van der Waals surface area contributed by atoms with Crippen LogP contribution in [0.1, 0.15) is 22.4 Å². The molecule has 0 N–H and O–H groups in total. The van der Waals surface area contributed by atoms with Gasteiger partial charge in [0.2, 0.25) is 0 Å². The molecular formula is C52H37NS. The Morgan fingerprint density at radius 1 is 0.519 bits per heavy atom. The number of hydrogen-bond donors (Lipinski definition) is 0. The largest absolute Gasteiger partial charge is 0.314 e. The fourth-order valence-electron chi connectivity index (χ4n) is 8.32. The fraction of sp³-hybridized carbons (Fsp3) is 0.0385. The van der Waals surface area contributed by atoms with Gasteiger partial charge >= 0.3 is 0 Å². The summed E-state index contributed by atoms with van der Waals surface area (Å²) in [5.74, 6) is 0. The van der Waals surface area contributed by atoms with Crippen LogP contribution in [0.3, 0.4) is 0 Å². The first kappa shape index (κ1) is 32.2. The Morgan fingerprint density at radius 2 is 1.09 bits per heavy atom. The lowest BCUT2D eigenvalue weighted by Crippen LogP contribution is -2.18. The quantitative estimate of drug-likeness (QED) is 0.118. The van der Waals surface area contributed by atoms with E-state index in [2.05, 4.69) is 187 Å². The van der Waals surface area contributed by atoms with Gasteiger partial charge in [-0.15, -0.1) is 11.3 Å². The van der Waals surface area contributed by atoms with Crippen molar-refractivity contribution in [3.63, 3.8) is 0 Å². The number of nitrogens with zero attached hydrogens (tertiary/aromatic N) is 1. The van der Waals surface area contributed by atoms with Crippen LogP contribution in [-0.4, -0.2) is 0 Å². The van der Waals surface area contributed by atoms with E-state index in [0.29, 0.717) is 0 Å². The van der Waals surface area contributed by atoms with Crippen LogP contribution in [0.5, 0.6) is 0 Å². The highest BCUT2D eigenvalue weighted by atomic mass is 32.1. The summed E-state index contributed by atoms with van der Waals surface area (Å²) in [4.78, 5) is 3.84. The van der Waals surface area contributed by atoms with E-state index in [1.54, 1.807) is 0 Å². The number of aryl methyl sites for hydroxylation is 1. The Labute approximate surface area is 320 Å². The summed E-state index contributed by atoms with van der Waals surface area (Å²) in [5.41, 5.74) is 11.2. The molecule has 0 spiro atoms. The molecule has 0 atom stereocenters. The monoisotopic (exact) mass is 707 g/mol. The van der Waals surface area contributed by atoms with Crippen molar-refractivity contribution >= 4 is 77.3 Å². The summed E-state index contributed by atoms with van der Waals surface area (Å²) in [5, 5.41) is 8.99. The Kier molecular flexibility index (Phi) is 8.04. The number of anilines is 2. The first-order chi connectivity index (χ1) is 26.7. The van der Waals surface area contributed by atoms with Crippen molar-refractivity contribution in [2.24, 2.45) is 0 Å². The van der Waals surface area contributed by atoms with Gasteiger partial charge in [0, 0.05) is 26.6 Å². The number of allylic oxidation sites excluding steroid dienone is 3. The van der Waals surface area contributed by atoms with Crippen LogP contribution < -0.4 is 4.90 Å². The molecule has 0 saturated carbocycles. The van der Waals surface area contributed by atoms with Gasteiger partial charge in [0.15, 0.2) is 0 Å². The van der Waals surface area contributed by atoms with Crippen LogP contribution in [0.4, 0.5) is 11.4 Å². The molecule has 0 unspecified atom stereocenters. The predicted molar refractivity (Wildman–Crippen MR) is 236 cm³/mol. The van der Waals surface area contributed by atoms with E-state index in [1.165, 1.54) is 86.4 Å². The molecule has 0 bridgehead atoms. The Hall–Kier alpha value is -6.48. The normalized spacial score (nSPS) is 12.8. The van der Waals surface area contributed by atoms with E-state index in [4.69, 9.17) is 0 Å². The molecular weight excluding hydrogens is 671 g/mol. The number of hydrogen-bond acceptors (Lipinski definition) is 2. The topological polar surface area (TPSA) is 3.24 Å². The first-order valence-electron chi connectivity index (χ1n) is 18.7. The van der Waals surface area contributed by atoms with Gasteiger partial charge in [0.1, 0.15) is 0 Å². The van der Waals surface area contributed by atoms with Gasteiger partial charge in [0.25, 0.3) is 0 Å². The molecule has 0 amide bonds. The minimum Gasteiger partial charge on any atom is -0.314 e. The molecule has 0 radical (unpaired) electrons. The minimum atomic E-state index is 0.966. The average Bonchev–Trinajstić information content (AvgIpc) is 3.61. The van der Waals surface area contributed by atoms with Crippen LogP contribution in [-0.2, 0) is 6.42 Å². The van der Waals surface area contributed by atoms with Crippen molar-refractivity contribution in [2.75, 3.05) is 4.90 Å². The second-order valence-electron chi connectivity index (χ2n) is 14.1. The number of fused-ring (bicyclic) bond motifs is 7. The average molecular weight is 708 g/mol.